The van der Waals surface area contributed by atoms with Crippen LogP contribution < -0.4 is 24.4 Å². The molecule has 6 nitrogen and oxygen atoms in total. The normalized spacial score (nSPS) is 12.9. The second-order valence-corrected chi connectivity index (χ2v) is 6.43. The third-order valence-corrected chi connectivity index (χ3v) is 4.76. The van der Waals surface area contributed by atoms with E-state index in [4.69, 9.17) is 14.2 Å². The first kappa shape index (κ1) is 18.9. The smallest absolute Gasteiger partial charge is 0.226 e. The lowest BCUT2D eigenvalue weighted by atomic mass is 10.0. The predicted molar refractivity (Wildman–Crippen MR) is 106 cm³/mol. The molecule has 0 radical (unpaired) electrons. The van der Waals surface area contributed by atoms with Gasteiger partial charge in [-0.2, -0.15) is 0 Å². The molecule has 0 spiro atoms. The lowest BCUT2D eigenvalue weighted by molar-refractivity contribution is -0.116. The molecule has 3 rings (SSSR count). The highest BCUT2D eigenvalue weighted by Gasteiger charge is 2.18. The van der Waals surface area contributed by atoms with Crippen LogP contribution in [0.1, 0.15) is 18.4 Å². The van der Waals surface area contributed by atoms with Gasteiger partial charge in [-0.25, -0.2) is 0 Å². The van der Waals surface area contributed by atoms with Gasteiger partial charge in [-0.05, 0) is 24.5 Å². The van der Waals surface area contributed by atoms with Crippen molar-refractivity contribution in [2.45, 2.75) is 19.3 Å². The number of para-hydroxylation sites is 1. The van der Waals surface area contributed by atoms with Crippen molar-refractivity contribution in [3.05, 3.63) is 42.0 Å². The lowest BCUT2D eigenvalue weighted by Crippen LogP contribution is -2.32. The number of nitrogens with zero attached hydrogens (tertiary/aromatic N) is 1. The highest BCUT2D eigenvalue weighted by atomic mass is 16.5. The summed E-state index contributed by atoms with van der Waals surface area (Å²) < 4.78 is 16.0. The molecule has 27 heavy (non-hydrogen) atoms. The van der Waals surface area contributed by atoms with E-state index in [0.717, 1.165) is 19.4 Å². The number of fused-ring (bicyclic) bond motifs is 1. The van der Waals surface area contributed by atoms with Gasteiger partial charge >= 0.3 is 0 Å². The highest BCUT2D eigenvalue weighted by Crippen LogP contribution is 2.40. The zero-order valence-corrected chi connectivity index (χ0v) is 16.1. The number of carbonyl (C=O) groups excluding carboxylic acids is 1. The van der Waals surface area contributed by atoms with Crippen LogP contribution in [0.3, 0.4) is 0 Å². The van der Waals surface area contributed by atoms with Gasteiger partial charge in [0.2, 0.25) is 11.7 Å². The van der Waals surface area contributed by atoms with E-state index in [2.05, 4.69) is 28.4 Å². The molecule has 0 bridgehead atoms. The summed E-state index contributed by atoms with van der Waals surface area (Å²) in [5.74, 6) is 1.48. The van der Waals surface area contributed by atoms with Crippen molar-refractivity contribution in [2.75, 3.05) is 44.6 Å². The van der Waals surface area contributed by atoms with Crippen LogP contribution in [0.25, 0.3) is 0 Å². The van der Waals surface area contributed by atoms with Crippen molar-refractivity contribution in [3.63, 3.8) is 0 Å². The summed E-state index contributed by atoms with van der Waals surface area (Å²) >= 11 is 0. The summed E-state index contributed by atoms with van der Waals surface area (Å²) in [6.45, 7) is 1.67. The van der Waals surface area contributed by atoms with Crippen LogP contribution in [0.5, 0.6) is 17.2 Å². The number of anilines is 2. The summed E-state index contributed by atoms with van der Waals surface area (Å²) in [7, 11) is 4.66. The summed E-state index contributed by atoms with van der Waals surface area (Å²) in [6.07, 6.45) is 2.63. The van der Waals surface area contributed by atoms with E-state index in [9.17, 15) is 4.79 Å². The molecule has 0 aromatic heterocycles. The third kappa shape index (κ3) is 4.27. The molecular weight excluding hydrogens is 344 g/mol. The Morgan fingerprint density at radius 2 is 1.78 bits per heavy atom. The molecule has 1 aliphatic rings. The van der Waals surface area contributed by atoms with Crippen LogP contribution in [0.4, 0.5) is 11.4 Å². The largest absolute Gasteiger partial charge is 0.493 e. The number of hydrogen-bond acceptors (Lipinski definition) is 5. The molecule has 2 aromatic carbocycles. The van der Waals surface area contributed by atoms with Crippen LogP contribution >= 0.6 is 0 Å². The Bertz CT molecular complexity index is 782. The van der Waals surface area contributed by atoms with E-state index in [-0.39, 0.29) is 5.91 Å². The van der Waals surface area contributed by atoms with Gasteiger partial charge in [0.25, 0.3) is 0 Å². The van der Waals surface area contributed by atoms with E-state index >= 15 is 0 Å². The molecule has 1 N–H and O–H groups in total. The molecule has 0 saturated carbocycles. The molecule has 0 aliphatic carbocycles. The quantitative estimate of drug-likeness (QED) is 0.808. The predicted octanol–water partition coefficient (Wildman–Crippen LogP) is 3.49. The van der Waals surface area contributed by atoms with E-state index in [1.165, 1.54) is 11.3 Å². The Morgan fingerprint density at radius 3 is 2.44 bits per heavy atom. The lowest BCUT2D eigenvalue weighted by Gasteiger charge is -2.31. The Kier molecular flexibility index (Phi) is 6.06. The van der Waals surface area contributed by atoms with Gasteiger partial charge in [-0.3, -0.25) is 4.79 Å². The Balaban J connectivity index is 1.65. The SMILES string of the molecule is COc1cc(NC(=O)CCN2CCCc3ccccc32)cc(OC)c1OC. The van der Waals surface area contributed by atoms with E-state index < -0.39 is 0 Å². The number of benzene rings is 2. The maximum Gasteiger partial charge on any atom is 0.226 e. The highest BCUT2D eigenvalue weighted by molar-refractivity contribution is 5.92. The molecule has 2 aromatic rings. The third-order valence-electron chi connectivity index (χ3n) is 4.76. The minimum atomic E-state index is -0.0488. The average molecular weight is 370 g/mol. The first-order valence-electron chi connectivity index (χ1n) is 9.09. The van der Waals surface area contributed by atoms with Gasteiger partial charge < -0.3 is 24.4 Å². The number of rotatable bonds is 7. The molecule has 6 heteroatoms. The second kappa shape index (κ2) is 8.66. The number of nitrogens with one attached hydrogen (secondary N) is 1. The summed E-state index contributed by atoms with van der Waals surface area (Å²) in [6, 6.07) is 11.9. The zero-order chi connectivity index (χ0) is 19.2. The van der Waals surface area contributed by atoms with Crippen molar-refractivity contribution in [2.24, 2.45) is 0 Å². The molecule has 0 fully saturated rings. The number of aryl methyl sites for hydroxylation is 1. The topological polar surface area (TPSA) is 60.0 Å². The maximum absolute atomic E-state index is 12.5. The summed E-state index contributed by atoms with van der Waals surface area (Å²) in [4.78, 5) is 14.8. The monoisotopic (exact) mass is 370 g/mol. The molecule has 1 amide bonds. The van der Waals surface area contributed by atoms with Crippen molar-refractivity contribution in [1.82, 2.24) is 0 Å². The van der Waals surface area contributed by atoms with E-state index in [1.54, 1.807) is 33.5 Å². The number of hydrogen-bond donors (Lipinski definition) is 1. The van der Waals surface area contributed by atoms with Gasteiger partial charge in [0, 0.05) is 43.0 Å². The number of methoxy groups -OCH3 is 3. The van der Waals surface area contributed by atoms with Crippen molar-refractivity contribution >= 4 is 17.3 Å². The Labute approximate surface area is 160 Å². The fraction of sp³-hybridized carbons (Fsp3) is 0.381. The maximum atomic E-state index is 12.5. The van der Waals surface area contributed by atoms with Crippen LogP contribution in [0.2, 0.25) is 0 Å². The fourth-order valence-corrected chi connectivity index (χ4v) is 3.46. The zero-order valence-electron chi connectivity index (χ0n) is 16.1. The van der Waals surface area contributed by atoms with Crippen LogP contribution in [-0.4, -0.2) is 40.3 Å². The van der Waals surface area contributed by atoms with Gasteiger partial charge in [0.1, 0.15) is 0 Å². The Morgan fingerprint density at radius 1 is 1.07 bits per heavy atom. The number of amides is 1. The van der Waals surface area contributed by atoms with Crippen LogP contribution in [0.15, 0.2) is 36.4 Å². The van der Waals surface area contributed by atoms with Crippen molar-refractivity contribution < 1.29 is 19.0 Å². The molecule has 0 unspecified atom stereocenters. The van der Waals surface area contributed by atoms with Crippen molar-refractivity contribution in [3.8, 4) is 17.2 Å². The fourth-order valence-electron chi connectivity index (χ4n) is 3.46. The standard InChI is InChI=1S/C21H26N2O4/c1-25-18-13-16(14-19(26-2)21(18)27-3)22-20(24)10-12-23-11-6-8-15-7-4-5-9-17(15)23/h4-5,7,9,13-14H,6,8,10-12H2,1-3H3,(H,22,24). The first-order valence-corrected chi connectivity index (χ1v) is 9.09. The molecule has 0 saturated heterocycles. The van der Waals surface area contributed by atoms with Gasteiger partial charge in [0.05, 0.1) is 21.3 Å². The summed E-state index contributed by atoms with van der Waals surface area (Å²) in [5.41, 5.74) is 3.21. The second-order valence-electron chi connectivity index (χ2n) is 6.43. The molecular formula is C21H26N2O4. The molecule has 144 valence electrons. The number of carbonyl (C=O) groups is 1. The number of ether oxygens (including phenoxy) is 3. The molecule has 1 aliphatic heterocycles. The van der Waals surface area contributed by atoms with Gasteiger partial charge in [-0.15, -0.1) is 0 Å². The van der Waals surface area contributed by atoms with Gasteiger partial charge in [0.15, 0.2) is 11.5 Å². The van der Waals surface area contributed by atoms with Crippen molar-refractivity contribution in [1.29, 1.82) is 0 Å². The van der Waals surface area contributed by atoms with E-state index in [0.29, 0.717) is 35.9 Å². The summed E-state index contributed by atoms with van der Waals surface area (Å²) in [5, 5.41) is 2.93. The van der Waals surface area contributed by atoms with Crippen LogP contribution in [0, 0.1) is 0 Å². The molecule has 1 heterocycles. The van der Waals surface area contributed by atoms with Crippen LogP contribution in [-0.2, 0) is 11.2 Å². The van der Waals surface area contributed by atoms with E-state index in [1.807, 2.05) is 6.07 Å². The molecule has 0 atom stereocenters. The Hall–Kier alpha value is -2.89. The average Bonchev–Trinajstić information content (AvgIpc) is 2.71. The minimum absolute atomic E-state index is 0.0488. The minimum Gasteiger partial charge on any atom is -0.493 e. The van der Waals surface area contributed by atoms with Gasteiger partial charge in [-0.1, -0.05) is 18.2 Å². The first-order chi connectivity index (χ1) is 13.2.